The summed E-state index contributed by atoms with van der Waals surface area (Å²) < 4.78 is 31.1. The number of aromatic nitrogens is 2. The highest BCUT2D eigenvalue weighted by Crippen LogP contribution is 2.26. The number of nitrogens with one attached hydrogen (secondary N) is 1. The second-order valence-corrected chi connectivity index (χ2v) is 6.96. The number of amides is 1. The Balaban J connectivity index is 1.70. The van der Waals surface area contributed by atoms with Gasteiger partial charge in [0.15, 0.2) is 5.16 Å². The molecule has 0 aliphatic carbocycles. The van der Waals surface area contributed by atoms with E-state index in [0.29, 0.717) is 15.4 Å². The highest BCUT2D eigenvalue weighted by Gasteiger charge is 2.14. The number of hydrogen-bond donors (Lipinski definition) is 1. The Morgan fingerprint density at radius 3 is 2.92 bits per heavy atom. The number of carbonyl (C=O) groups excluding carboxylic acids is 1. The molecule has 10 heteroatoms. The van der Waals surface area contributed by atoms with E-state index in [1.165, 1.54) is 34.1 Å². The van der Waals surface area contributed by atoms with Gasteiger partial charge in [0.1, 0.15) is 10.4 Å². The van der Waals surface area contributed by atoms with Gasteiger partial charge in [0.2, 0.25) is 5.91 Å². The highest BCUT2D eigenvalue weighted by molar-refractivity contribution is 7.99. The Morgan fingerprint density at radius 2 is 2.15 bits per heavy atom. The van der Waals surface area contributed by atoms with Crippen molar-refractivity contribution in [2.24, 2.45) is 7.05 Å². The van der Waals surface area contributed by atoms with Crippen LogP contribution in [0, 0.1) is 0 Å². The molecule has 0 bridgehead atoms. The summed E-state index contributed by atoms with van der Waals surface area (Å²) in [5.41, 5.74) is 0.550. The predicted octanol–water partition coefficient (Wildman–Crippen LogP) is 3.33. The van der Waals surface area contributed by atoms with Crippen LogP contribution >= 0.6 is 23.1 Å². The number of nitrogens with zero attached hydrogens (tertiary/aromatic N) is 2. The number of thioether (sulfide) groups is 1. The molecule has 3 aromatic rings. The molecule has 2 aromatic heterocycles. The van der Waals surface area contributed by atoms with Crippen molar-refractivity contribution in [2.45, 2.75) is 11.8 Å². The minimum atomic E-state index is -2.99. The largest absolute Gasteiger partial charge is 0.433 e. The lowest BCUT2D eigenvalue weighted by atomic mass is 10.3. The predicted molar refractivity (Wildman–Crippen MR) is 97.3 cm³/mol. The quantitative estimate of drug-likeness (QED) is 0.510. The topological polar surface area (TPSA) is 73.2 Å². The maximum absolute atomic E-state index is 12.4. The molecule has 1 amide bonds. The Kier molecular flexibility index (Phi) is 5.52. The van der Waals surface area contributed by atoms with Gasteiger partial charge in [0.25, 0.3) is 5.56 Å². The highest BCUT2D eigenvalue weighted by atomic mass is 32.2. The SMILES string of the molecule is Cn1c(SCC(=O)Nc2ccccc2OC(F)F)nc2ccsc2c1=O. The number of anilines is 1. The molecule has 0 aliphatic heterocycles. The molecular formula is C16H13F2N3O3S2. The molecule has 0 unspecified atom stereocenters. The zero-order valence-electron chi connectivity index (χ0n) is 13.4. The molecule has 136 valence electrons. The molecule has 6 nitrogen and oxygen atoms in total. The van der Waals surface area contributed by atoms with Crippen molar-refractivity contribution in [2.75, 3.05) is 11.1 Å². The lowest BCUT2D eigenvalue weighted by Gasteiger charge is -2.12. The molecule has 0 spiro atoms. The molecule has 2 heterocycles. The van der Waals surface area contributed by atoms with Crippen molar-refractivity contribution in [1.29, 1.82) is 0 Å². The summed E-state index contributed by atoms with van der Waals surface area (Å²) in [5.74, 6) is -0.593. The molecule has 0 atom stereocenters. The molecular weight excluding hydrogens is 384 g/mol. The molecule has 0 radical (unpaired) electrons. The first kappa shape index (κ1) is 18.3. The summed E-state index contributed by atoms with van der Waals surface area (Å²) in [4.78, 5) is 28.7. The van der Waals surface area contributed by atoms with Crippen LogP contribution in [0.5, 0.6) is 5.75 Å². The van der Waals surface area contributed by atoms with Crippen molar-refractivity contribution in [3.63, 3.8) is 0 Å². The first-order valence-electron chi connectivity index (χ1n) is 7.36. The molecule has 0 saturated carbocycles. The number of halogens is 2. The minimum Gasteiger partial charge on any atom is -0.433 e. The van der Waals surface area contributed by atoms with Crippen LogP contribution in [0.25, 0.3) is 10.2 Å². The van der Waals surface area contributed by atoms with E-state index in [4.69, 9.17) is 0 Å². The monoisotopic (exact) mass is 397 g/mol. The normalized spacial score (nSPS) is 11.1. The van der Waals surface area contributed by atoms with Crippen LogP contribution in [0.4, 0.5) is 14.5 Å². The molecule has 1 N–H and O–H groups in total. The summed E-state index contributed by atoms with van der Waals surface area (Å²) in [7, 11) is 1.58. The van der Waals surface area contributed by atoms with E-state index in [-0.39, 0.29) is 22.7 Å². The number of alkyl halides is 2. The molecule has 3 rings (SSSR count). The maximum atomic E-state index is 12.4. The fraction of sp³-hybridized carbons (Fsp3) is 0.188. The van der Waals surface area contributed by atoms with Crippen LogP contribution in [0.2, 0.25) is 0 Å². The maximum Gasteiger partial charge on any atom is 0.387 e. The molecule has 26 heavy (non-hydrogen) atoms. The average Bonchev–Trinajstić information content (AvgIpc) is 3.07. The van der Waals surface area contributed by atoms with Gasteiger partial charge in [-0.3, -0.25) is 14.2 Å². The summed E-state index contributed by atoms with van der Waals surface area (Å²) >= 11 is 2.39. The standard InChI is InChI=1S/C16H13F2N3O3S2/c1-21-14(23)13-10(6-7-25-13)20-16(21)26-8-12(22)19-9-4-2-3-5-11(9)24-15(17)18/h2-7,15H,8H2,1H3,(H,19,22). The van der Waals surface area contributed by atoms with Gasteiger partial charge in [-0.1, -0.05) is 23.9 Å². The zero-order valence-corrected chi connectivity index (χ0v) is 15.1. The third-order valence-electron chi connectivity index (χ3n) is 3.36. The van der Waals surface area contributed by atoms with Gasteiger partial charge in [-0.25, -0.2) is 4.98 Å². The number of para-hydroxylation sites is 2. The summed E-state index contributed by atoms with van der Waals surface area (Å²) in [5, 5.41) is 4.70. The van der Waals surface area contributed by atoms with Crippen LogP contribution in [-0.2, 0) is 11.8 Å². The van der Waals surface area contributed by atoms with Gasteiger partial charge >= 0.3 is 6.61 Å². The van der Waals surface area contributed by atoms with Crippen LogP contribution < -0.4 is 15.6 Å². The Labute approximate surface area is 154 Å². The fourth-order valence-electron chi connectivity index (χ4n) is 2.18. The van der Waals surface area contributed by atoms with E-state index in [1.807, 2.05) is 0 Å². The van der Waals surface area contributed by atoms with Gasteiger partial charge in [-0.15, -0.1) is 11.3 Å². The number of hydrogen-bond acceptors (Lipinski definition) is 6. The zero-order chi connectivity index (χ0) is 18.7. The van der Waals surface area contributed by atoms with E-state index in [2.05, 4.69) is 15.0 Å². The number of ether oxygens (including phenoxy) is 1. The van der Waals surface area contributed by atoms with Crippen molar-refractivity contribution in [3.05, 3.63) is 46.1 Å². The molecule has 0 saturated heterocycles. The molecule has 0 aliphatic rings. The van der Waals surface area contributed by atoms with E-state index in [9.17, 15) is 18.4 Å². The van der Waals surface area contributed by atoms with Gasteiger partial charge in [-0.05, 0) is 23.6 Å². The van der Waals surface area contributed by atoms with E-state index in [1.54, 1.807) is 24.6 Å². The summed E-state index contributed by atoms with van der Waals surface area (Å²) in [6.45, 7) is -2.99. The second-order valence-electron chi connectivity index (χ2n) is 5.11. The van der Waals surface area contributed by atoms with Crippen molar-refractivity contribution >= 4 is 44.9 Å². The summed E-state index contributed by atoms with van der Waals surface area (Å²) in [6.07, 6.45) is 0. The fourth-order valence-corrected chi connectivity index (χ4v) is 3.76. The Bertz CT molecular complexity index is 1000. The van der Waals surface area contributed by atoms with Gasteiger partial charge < -0.3 is 10.1 Å². The van der Waals surface area contributed by atoms with Gasteiger partial charge in [-0.2, -0.15) is 8.78 Å². The van der Waals surface area contributed by atoms with Crippen molar-refractivity contribution in [3.8, 4) is 5.75 Å². The van der Waals surface area contributed by atoms with Crippen molar-refractivity contribution in [1.82, 2.24) is 9.55 Å². The van der Waals surface area contributed by atoms with Gasteiger partial charge in [0, 0.05) is 7.05 Å². The van der Waals surface area contributed by atoms with Crippen LogP contribution in [-0.4, -0.2) is 27.8 Å². The van der Waals surface area contributed by atoms with E-state index in [0.717, 1.165) is 11.8 Å². The van der Waals surface area contributed by atoms with Crippen molar-refractivity contribution < 1.29 is 18.3 Å². The van der Waals surface area contributed by atoms with E-state index >= 15 is 0 Å². The third kappa shape index (κ3) is 4.02. The average molecular weight is 397 g/mol. The first-order chi connectivity index (χ1) is 12.5. The molecule has 1 aromatic carbocycles. The number of thiophene rings is 1. The lowest BCUT2D eigenvalue weighted by Crippen LogP contribution is -2.20. The Hall–Kier alpha value is -2.46. The summed E-state index contributed by atoms with van der Waals surface area (Å²) in [6, 6.07) is 7.66. The van der Waals surface area contributed by atoms with E-state index < -0.39 is 12.5 Å². The minimum absolute atomic E-state index is 0.0427. The molecule has 0 fully saturated rings. The number of fused-ring (bicyclic) bond motifs is 1. The number of rotatable bonds is 6. The Morgan fingerprint density at radius 1 is 1.38 bits per heavy atom. The number of carbonyl (C=O) groups is 1. The van der Waals surface area contributed by atoms with Crippen LogP contribution in [0.15, 0.2) is 45.7 Å². The van der Waals surface area contributed by atoms with Crippen LogP contribution in [0.3, 0.4) is 0 Å². The number of benzene rings is 1. The van der Waals surface area contributed by atoms with Gasteiger partial charge in [0.05, 0.1) is 17.0 Å². The van der Waals surface area contributed by atoms with Crippen LogP contribution in [0.1, 0.15) is 0 Å². The first-order valence-corrected chi connectivity index (χ1v) is 9.23. The lowest BCUT2D eigenvalue weighted by molar-refractivity contribution is -0.113. The smallest absolute Gasteiger partial charge is 0.387 e. The second kappa shape index (κ2) is 7.83. The third-order valence-corrected chi connectivity index (χ3v) is 5.28.